The average Bonchev–Trinajstić information content (AvgIpc) is 3.06. The quantitative estimate of drug-likeness (QED) is 0.537. The number of hydrogen-bond acceptors (Lipinski definition) is 4. The topological polar surface area (TPSA) is 38.3 Å². The Morgan fingerprint density at radius 3 is 2.65 bits per heavy atom. The van der Waals surface area contributed by atoms with Crippen LogP contribution in [0, 0.1) is 5.92 Å². The number of rotatable bonds is 8. The maximum atomic E-state index is 11.8. The van der Waals surface area contributed by atoms with E-state index >= 15 is 0 Å². The van der Waals surface area contributed by atoms with Gasteiger partial charge in [0.15, 0.2) is 0 Å². The standard InChI is InChI=1S/C13H25NO2S/c1-10(2)9-17-8-7-13(3,12(15)16-4)14-11-5-6-11/h10-11,14H,5-9H2,1-4H3. The normalized spacial score (nSPS) is 19.1. The summed E-state index contributed by atoms with van der Waals surface area (Å²) in [5, 5.41) is 3.42. The molecule has 1 aliphatic carbocycles. The number of hydrogen-bond donors (Lipinski definition) is 1. The third kappa shape index (κ3) is 5.30. The van der Waals surface area contributed by atoms with Gasteiger partial charge in [-0.1, -0.05) is 13.8 Å². The molecule has 3 nitrogen and oxygen atoms in total. The molecule has 1 fully saturated rings. The number of esters is 1. The number of methoxy groups -OCH3 is 1. The lowest BCUT2D eigenvalue weighted by Gasteiger charge is -2.28. The van der Waals surface area contributed by atoms with E-state index in [-0.39, 0.29) is 5.97 Å². The molecule has 0 aromatic rings. The number of carbonyl (C=O) groups excluding carboxylic acids is 1. The van der Waals surface area contributed by atoms with Crippen LogP contribution in [-0.2, 0) is 9.53 Å². The lowest BCUT2D eigenvalue weighted by atomic mass is 9.99. The first-order valence-corrected chi connectivity index (χ1v) is 7.57. The largest absolute Gasteiger partial charge is 0.468 e. The van der Waals surface area contributed by atoms with Crippen molar-refractivity contribution in [2.45, 2.75) is 51.6 Å². The van der Waals surface area contributed by atoms with Gasteiger partial charge in [-0.2, -0.15) is 11.8 Å². The van der Waals surface area contributed by atoms with Crippen LogP contribution in [0.3, 0.4) is 0 Å². The number of thioether (sulfide) groups is 1. The van der Waals surface area contributed by atoms with Crippen molar-refractivity contribution >= 4 is 17.7 Å². The van der Waals surface area contributed by atoms with Crippen molar-refractivity contribution in [3.05, 3.63) is 0 Å². The van der Waals surface area contributed by atoms with E-state index < -0.39 is 5.54 Å². The highest BCUT2D eigenvalue weighted by molar-refractivity contribution is 7.99. The summed E-state index contributed by atoms with van der Waals surface area (Å²) in [6, 6.07) is 0.522. The van der Waals surface area contributed by atoms with Crippen LogP contribution < -0.4 is 5.32 Å². The van der Waals surface area contributed by atoms with Crippen LogP contribution in [0.15, 0.2) is 0 Å². The van der Waals surface area contributed by atoms with E-state index in [1.807, 2.05) is 18.7 Å². The average molecular weight is 259 g/mol. The summed E-state index contributed by atoms with van der Waals surface area (Å²) in [5.74, 6) is 2.74. The van der Waals surface area contributed by atoms with Crippen molar-refractivity contribution in [1.29, 1.82) is 0 Å². The van der Waals surface area contributed by atoms with Crippen molar-refractivity contribution in [3.8, 4) is 0 Å². The van der Waals surface area contributed by atoms with Gasteiger partial charge in [-0.25, -0.2) is 0 Å². The van der Waals surface area contributed by atoms with Crippen molar-refractivity contribution in [1.82, 2.24) is 5.32 Å². The zero-order valence-corrected chi connectivity index (χ0v) is 12.2. The second kappa shape index (κ2) is 6.64. The first kappa shape index (κ1) is 14.8. The summed E-state index contributed by atoms with van der Waals surface area (Å²) in [6.07, 6.45) is 3.21. The molecular weight excluding hydrogens is 234 g/mol. The molecule has 0 saturated heterocycles. The molecule has 0 heterocycles. The van der Waals surface area contributed by atoms with Gasteiger partial charge >= 0.3 is 5.97 Å². The van der Waals surface area contributed by atoms with Crippen LogP contribution in [0.4, 0.5) is 0 Å². The lowest BCUT2D eigenvalue weighted by Crippen LogP contribution is -2.51. The molecule has 0 aliphatic heterocycles. The van der Waals surface area contributed by atoms with E-state index in [9.17, 15) is 4.79 Å². The first-order chi connectivity index (χ1) is 7.98. The fourth-order valence-corrected chi connectivity index (χ4v) is 2.92. The second-order valence-electron chi connectivity index (χ2n) is 5.46. The molecule has 0 spiro atoms. The van der Waals surface area contributed by atoms with Crippen molar-refractivity contribution < 1.29 is 9.53 Å². The zero-order valence-electron chi connectivity index (χ0n) is 11.4. The first-order valence-electron chi connectivity index (χ1n) is 6.42. The summed E-state index contributed by atoms with van der Waals surface area (Å²) in [5.41, 5.74) is -0.500. The summed E-state index contributed by atoms with van der Waals surface area (Å²) < 4.78 is 4.91. The molecule has 1 saturated carbocycles. The molecule has 1 atom stereocenters. The van der Waals surface area contributed by atoms with E-state index in [1.54, 1.807) is 0 Å². The lowest BCUT2D eigenvalue weighted by molar-refractivity contribution is -0.148. The molecule has 4 heteroatoms. The van der Waals surface area contributed by atoms with Gasteiger partial charge in [0.2, 0.25) is 0 Å². The Bertz CT molecular complexity index is 254. The van der Waals surface area contributed by atoms with Crippen LogP contribution in [0.25, 0.3) is 0 Å². The van der Waals surface area contributed by atoms with Gasteiger partial charge in [0, 0.05) is 6.04 Å². The van der Waals surface area contributed by atoms with Gasteiger partial charge in [0.05, 0.1) is 7.11 Å². The SMILES string of the molecule is COC(=O)C(C)(CCSCC(C)C)NC1CC1. The molecule has 0 amide bonds. The monoisotopic (exact) mass is 259 g/mol. The van der Waals surface area contributed by atoms with Crippen LogP contribution in [0.5, 0.6) is 0 Å². The predicted molar refractivity (Wildman–Crippen MR) is 73.4 cm³/mol. The Morgan fingerprint density at radius 2 is 2.18 bits per heavy atom. The van der Waals surface area contributed by atoms with Gasteiger partial charge in [-0.05, 0) is 43.6 Å². The van der Waals surface area contributed by atoms with Gasteiger partial charge in [0.25, 0.3) is 0 Å². The third-order valence-corrected chi connectivity index (χ3v) is 4.33. The van der Waals surface area contributed by atoms with E-state index in [1.165, 1.54) is 20.0 Å². The van der Waals surface area contributed by atoms with Gasteiger partial charge in [-0.3, -0.25) is 10.1 Å². The molecule has 100 valence electrons. The summed E-state index contributed by atoms with van der Waals surface area (Å²) in [4.78, 5) is 11.8. The van der Waals surface area contributed by atoms with Gasteiger partial charge < -0.3 is 4.74 Å². The molecule has 1 N–H and O–H groups in total. The number of carbonyl (C=O) groups is 1. The maximum Gasteiger partial charge on any atom is 0.325 e. The zero-order chi connectivity index (χ0) is 12.9. The Balaban J connectivity index is 2.36. The molecule has 0 aromatic heterocycles. The van der Waals surface area contributed by atoms with Crippen LogP contribution in [0.1, 0.15) is 40.0 Å². The minimum absolute atomic E-state index is 0.130. The third-order valence-electron chi connectivity index (χ3n) is 2.93. The van der Waals surface area contributed by atoms with Crippen LogP contribution >= 0.6 is 11.8 Å². The Morgan fingerprint density at radius 1 is 1.53 bits per heavy atom. The fraction of sp³-hybridized carbons (Fsp3) is 0.923. The maximum absolute atomic E-state index is 11.8. The molecule has 1 rings (SSSR count). The van der Waals surface area contributed by atoms with E-state index in [2.05, 4.69) is 19.2 Å². The van der Waals surface area contributed by atoms with E-state index in [0.717, 1.165) is 17.9 Å². The Hall–Kier alpha value is -0.220. The van der Waals surface area contributed by atoms with Crippen LogP contribution in [-0.4, -0.2) is 36.2 Å². The molecule has 0 bridgehead atoms. The minimum atomic E-state index is -0.500. The van der Waals surface area contributed by atoms with E-state index in [0.29, 0.717) is 12.0 Å². The highest BCUT2D eigenvalue weighted by Gasteiger charge is 2.38. The van der Waals surface area contributed by atoms with Crippen molar-refractivity contribution in [2.75, 3.05) is 18.6 Å². The minimum Gasteiger partial charge on any atom is -0.468 e. The summed E-state index contributed by atoms with van der Waals surface area (Å²) in [6.45, 7) is 6.40. The molecule has 17 heavy (non-hydrogen) atoms. The fourth-order valence-electron chi connectivity index (χ4n) is 1.73. The molecular formula is C13H25NO2S. The van der Waals surface area contributed by atoms with Crippen LogP contribution in [0.2, 0.25) is 0 Å². The Labute approximate surface area is 109 Å². The second-order valence-corrected chi connectivity index (χ2v) is 6.61. The molecule has 1 unspecified atom stereocenters. The predicted octanol–water partition coefficient (Wildman–Crippen LogP) is 2.45. The smallest absolute Gasteiger partial charge is 0.325 e. The van der Waals surface area contributed by atoms with Crippen molar-refractivity contribution in [2.24, 2.45) is 5.92 Å². The summed E-state index contributed by atoms with van der Waals surface area (Å²) >= 11 is 1.92. The highest BCUT2D eigenvalue weighted by atomic mass is 32.2. The molecule has 1 aliphatic rings. The van der Waals surface area contributed by atoms with E-state index in [4.69, 9.17) is 4.74 Å². The van der Waals surface area contributed by atoms with Gasteiger partial charge in [-0.15, -0.1) is 0 Å². The number of nitrogens with one attached hydrogen (secondary N) is 1. The van der Waals surface area contributed by atoms with Crippen molar-refractivity contribution in [3.63, 3.8) is 0 Å². The molecule has 0 radical (unpaired) electrons. The van der Waals surface area contributed by atoms with Gasteiger partial charge in [0.1, 0.15) is 5.54 Å². The highest BCUT2D eigenvalue weighted by Crippen LogP contribution is 2.26. The molecule has 0 aromatic carbocycles. The Kier molecular flexibility index (Phi) is 5.80. The summed E-state index contributed by atoms with van der Waals surface area (Å²) in [7, 11) is 1.47. The number of ether oxygens (including phenoxy) is 1.